The SMILES string of the molecule is Cc1cc(Cl)c2nc(C)c(C)c(N)c2c1Cl. The molecule has 0 atom stereocenters. The van der Waals surface area contributed by atoms with Crippen LogP contribution in [-0.2, 0) is 0 Å². The first kappa shape index (κ1) is 11.5. The van der Waals surface area contributed by atoms with Gasteiger partial charge in [0.2, 0.25) is 0 Å². The van der Waals surface area contributed by atoms with E-state index in [1.807, 2.05) is 26.8 Å². The van der Waals surface area contributed by atoms with E-state index in [4.69, 9.17) is 28.9 Å². The number of halogens is 2. The fourth-order valence-electron chi connectivity index (χ4n) is 1.73. The third kappa shape index (κ3) is 1.53. The maximum Gasteiger partial charge on any atom is 0.0927 e. The molecular formula is C12H12Cl2N2. The van der Waals surface area contributed by atoms with Crippen molar-refractivity contribution in [2.24, 2.45) is 0 Å². The highest BCUT2D eigenvalue weighted by atomic mass is 35.5. The smallest absolute Gasteiger partial charge is 0.0927 e. The number of aryl methyl sites for hydroxylation is 2. The number of rotatable bonds is 0. The number of benzene rings is 1. The molecule has 2 nitrogen and oxygen atoms in total. The lowest BCUT2D eigenvalue weighted by Gasteiger charge is -2.12. The van der Waals surface area contributed by atoms with E-state index in [-0.39, 0.29) is 0 Å². The predicted molar refractivity (Wildman–Crippen MR) is 70.4 cm³/mol. The largest absolute Gasteiger partial charge is 0.398 e. The normalized spacial score (nSPS) is 11.1. The van der Waals surface area contributed by atoms with Gasteiger partial charge in [0, 0.05) is 16.8 Å². The topological polar surface area (TPSA) is 38.9 Å². The summed E-state index contributed by atoms with van der Waals surface area (Å²) in [4.78, 5) is 4.44. The van der Waals surface area contributed by atoms with E-state index in [0.717, 1.165) is 22.2 Å². The Hall–Kier alpha value is -0.990. The van der Waals surface area contributed by atoms with Gasteiger partial charge < -0.3 is 5.73 Å². The lowest BCUT2D eigenvalue weighted by molar-refractivity contribution is 1.20. The quantitative estimate of drug-likeness (QED) is 0.771. The molecule has 2 rings (SSSR count). The second-order valence-electron chi connectivity index (χ2n) is 3.95. The zero-order chi connectivity index (χ0) is 12.0. The standard InChI is InChI=1S/C12H12Cl2N2/c1-5-4-8(13)12-9(10(5)14)11(15)6(2)7(3)16-12/h4H,1-3H3,(H2,15,16). The van der Waals surface area contributed by atoms with Crippen LogP contribution in [-0.4, -0.2) is 4.98 Å². The van der Waals surface area contributed by atoms with Crippen LogP contribution in [0.1, 0.15) is 16.8 Å². The highest BCUT2D eigenvalue weighted by molar-refractivity contribution is 6.41. The zero-order valence-corrected chi connectivity index (χ0v) is 10.9. The summed E-state index contributed by atoms with van der Waals surface area (Å²) in [5.41, 5.74) is 10.2. The molecule has 0 amide bonds. The monoisotopic (exact) mass is 254 g/mol. The molecule has 0 bridgehead atoms. The number of anilines is 1. The predicted octanol–water partition coefficient (Wildman–Crippen LogP) is 4.05. The van der Waals surface area contributed by atoms with Crippen LogP contribution in [0.5, 0.6) is 0 Å². The van der Waals surface area contributed by atoms with E-state index >= 15 is 0 Å². The first-order chi connectivity index (χ1) is 7.43. The van der Waals surface area contributed by atoms with Gasteiger partial charge in [0.1, 0.15) is 0 Å². The van der Waals surface area contributed by atoms with Crippen LogP contribution in [0.3, 0.4) is 0 Å². The zero-order valence-electron chi connectivity index (χ0n) is 9.36. The molecule has 0 aliphatic rings. The molecule has 4 heteroatoms. The van der Waals surface area contributed by atoms with Gasteiger partial charge in [0.25, 0.3) is 0 Å². The summed E-state index contributed by atoms with van der Waals surface area (Å²) >= 11 is 12.4. The van der Waals surface area contributed by atoms with Crippen LogP contribution in [0.15, 0.2) is 6.07 Å². The Bertz CT molecular complexity index is 592. The van der Waals surface area contributed by atoms with Crippen LogP contribution in [0.25, 0.3) is 10.9 Å². The molecule has 84 valence electrons. The fraction of sp³-hybridized carbons (Fsp3) is 0.250. The Morgan fingerprint density at radius 3 is 2.44 bits per heavy atom. The van der Waals surface area contributed by atoms with Gasteiger partial charge in [-0.25, -0.2) is 0 Å². The highest BCUT2D eigenvalue weighted by Gasteiger charge is 2.14. The third-order valence-corrected chi connectivity index (χ3v) is 3.64. The van der Waals surface area contributed by atoms with Gasteiger partial charge in [0.05, 0.1) is 15.6 Å². The Morgan fingerprint density at radius 2 is 1.81 bits per heavy atom. The van der Waals surface area contributed by atoms with Crippen LogP contribution in [0.2, 0.25) is 10.0 Å². The van der Waals surface area contributed by atoms with E-state index < -0.39 is 0 Å². The minimum Gasteiger partial charge on any atom is -0.398 e. The van der Waals surface area contributed by atoms with Crippen molar-refractivity contribution >= 4 is 39.8 Å². The van der Waals surface area contributed by atoms with E-state index in [1.54, 1.807) is 0 Å². The van der Waals surface area contributed by atoms with Crippen molar-refractivity contribution in [3.05, 3.63) is 32.9 Å². The van der Waals surface area contributed by atoms with Gasteiger partial charge in [-0.1, -0.05) is 23.2 Å². The molecule has 1 aromatic carbocycles. The highest BCUT2D eigenvalue weighted by Crippen LogP contribution is 2.37. The molecule has 2 N–H and O–H groups in total. The summed E-state index contributed by atoms with van der Waals surface area (Å²) in [7, 11) is 0. The lowest BCUT2D eigenvalue weighted by Crippen LogP contribution is -1.99. The summed E-state index contributed by atoms with van der Waals surface area (Å²) in [6, 6.07) is 1.81. The maximum absolute atomic E-state index is 6.25. The molecule has 16 heavy (non-hydrogen) atoms. The Balaban J connectivity index is 3.07. The van der Waals surface area contributed by atoms with Crippen molar-refractivity contribution in [2.75, 3.05) is 5.73 Å². The minimum atomic E-state index is 0.590. The lowest BCUT2D eigenvalue weighted by atomic mass is 10.1. The van der Waals surface area contributed by atoms with E-state index in [9.17, 15) is 0 Å². The van der Waals surface area contributed by atoms with Gasteiger partial charge >= 0.3 is 0 Å². The molecule has 0 saturated carbocycles. The molecule has 2 aromatic rings. The second-order valence-corrected chi connectivity index (χ2v) is 4.73. The molecule has 0 aliphatic heterocycles. The third-order valence-electron chi connectivity index (χ3n) is 2.87. The van der Waals surface area contributed by atoms with Crippen molar-refractivity contribution in [2.45, 2.75) is 20.8 Å². The van der Waals surface area contributed by atoms with E-state index in [1.165, 1.54) is 0 Å². The summed E-state index contributed by atoms with van der Waals surface area (Å²) in [6.45, 7) is 5.75. The Morgan fingerprint density at radius 1 is 1.19 bits per heavy atom. The average molecular weight is 255 g/mol. The van der Waals surface area contributed by atoms with E-state index in [0.29, 0.717) is 21.2 Å². The Labute approximate surface area is 104 Å². The summed E-state index contributed by atoms with van der Waals surface area (Å²) in [5, 5.41) is 1.98. The first-order valence-electron chi connectivity index (χ1n) is 4.94. The molecule has 1 heterocycles. The number of nitrogens with two attached hydrogens (primary N) is 1. The molecule has 1 aromatic heterocycles. The van der Waals surface area contributed by atoms with Crippen molar-refractivity contribution in [3.8, 4) is 0 Å². The molecule has 0 saturated heterocycles. The molecule has 0 fully saturated rings. The van der Waals surface area contributed by atoms with Crippen molar-refractivity contribution in [1.82, 2.24) is 4.98 Å². The van der Waals surface area contributed by atoms with Crippen molar-refractivity contribution in [1.29, 1.82) is 0 Å². The molecule has 0 aliphatic carbocycles. The van der Waals surface area contributed by atoms with Gasteiger partial charge in [-0.15, -0.1) is 0 Å². The molecule has 0 spiro atoms. The molecule has 0 radical (unpaired) electrons. The van der Waals surface area contributed by atoms with Crippen LogP contribution in [0.4, 0.5) is 5.69 Å². The van der Waals surface area contributed by atoms with Crippen molar-refractivity contribution in [3.63, 3.8) is 0 Å². The van der Waals surface area contributed by atoms with Crippen molar-refractivity contribution < 1.29 is 0 Å². The maximum atomic E-state index is 6.25. The summed E-state index contributed by atoms with van der Waals surface area (Å²) < 4.78 is 0. The second kappa shape index (κ2) is 3.79. The van der Waals surface area contributed by atoms with Crippen LogP contribution in [0, 0.1) is 20.8 Å². The number of nitrogen functional groups attached to an aromatic ring is 1. The molecular weight excluding hydrogens is 243 g/mol. The number of aromatic nitrogens is 1. The molecule has 0 unspecified atom stereocenters. The number of fused-ring (bicyclic) bond motifs is 1. The van der Waals surface area contributed by atoms with Crippen LogP contribution < -0.4 is 5.73 Å². The number of hydrogen-bond acceptors (Lipinski definition) is 2. The summed E-state index contributed by atoms with van der Waals surface area (Å²) in [6.07, 6.45) is 0. The fourth-order valence-corrected chi connectivity index (χ4v) is 2.28. The first-order valence-corrected chi connectivity index (χ1v) is 5.70. The summed E-state index contributed by atoms with van der Waals surface area (Å²) in [5.74, 6) is 0. The number of nitrogens with zero attached hydrogens (tertiary/aromatic N) is 1. The van der Waals surface area contributed by atoms with Gasteiger partial charge in [-0.2, -0.15) is 0 Å². The average Bonchev–Trinajstić information content (AvgIpc) is 2.22. The number of pyridine rings is 1. The van der Waals surface area contributed by atoms with Crippen LogP contribution >= 0.6 is 23.2 Å². The number of hydrogen-bond donors (Lipinski definition) is 1. The van der Waals surface area contributed by atoms with Gasteiger partial charge in [-0.05, 0) is 38.0 Å². The van der Waals surface area contributed by atoms with Gasteiger partial charge in [0.15, 0.2) is 0 Å². The Kier molecular flexibility index (Phi) is 2.72. The van der Waals surface area contributed by atoms with Gasteiger partial charge in [-0.3, -0.25) is 4.98 Å². The minimum absolute atomic E-state index is 0.590. The van der Waals surface area contributed by atoms with E-state index in [2.05, 4.69) is 4.98 Å².